The number of aromatic nitrogens is 6. The second-order valence-corrected chi connectivity index (χ2v) is 6.39. The summed E-state index contributed by atoms with van der Waals surface area (Å²) < 4.78 is 1.67. The minimum absolute atomic E-state index is 0.100. The fraction of sp³-hybridized carbons (Fsp3) is 0.0476. The highest BCUT2D eigenvalue weighted by molar-refractivity contribution is 6.12. The maximum absolute atomic E-state index is 13.1. The van der Waals surface area contributed by atoms with Gasteiger partial charge in [0.05, 0.1) is 17.9 Å². The van der Waals surface area contributed by atoms with Crippen LogP contribution in [-0.2, 0) is 6.54 Å². The fourth-order valence-corrected chi connectivity index (χ4v) is 2.91. The molecule has 0 unspecified atom stereocenters. The Hall–Kier alpha value is -4.40. The lowest BCUT2D eigenvalue weighted by Crippen LogP contribution is -2.11. The second-order valence-electron chi connectivity index (χ2n) is 6.39. The number of tetrazole rings is 1. The Labute approximate surface area is 170 Å². The standard InChI is InChI=1S/C21H16N6O3/c28-18(11-19(29)21-23-25-26-24-21)15-10-17(20(30)14-6-2-1-3-7-14)27(12-15)13-16-8-4-5-9-22-16/h1-12,29H,13H2,(H,23,24,25,26). The molecule has 3 heterocycles. The molecule has 0 amide bonds. The molecule has 30 heavy (non-hydrogen) atoms. The van der Waals surface area contributed by atoms with E-state index in [2.05, 4.69) is 25.6 Å². The molecule has 3 aromatic heterocycles. The topological polar surface area (TPSA) is 127 Å². The number of hydrogen-bond donors (Lipinski definition) is 2. The van der Waals surface area contributed by atoms with Crippen LogP contribution in [0, 0.1) is 0 Å². The lowest BCUT2D eigenvalue weighted by molar-refractivity contribution is 0.102. The van der Waals surface area contributed by atoms with Crippen LogP contribution in [0.2, 0.25) is 0 Å². The van der Waals surface area contributed by atoms with Crippen molar-refractivity contribution < 1.29 is 14.7 Å². The number of aliphatic hydroxyl groups is 1. The highest BCUT2D eigenvalue weighted by Gasteiger charge is 2.19. The first kappa shape index (κ1) is 18.9. The molecule has 0 aliphatic rings. The van der Waals surface area contributed by atoms with Crippen molar-refractivity contribution >= 4 is 17.3 Å². The van der Waals surface area contributed by atoms with E-state index in [1.54, 1.807) is 47.3 Å². The zero-order valence-corrected chi connectivity index (χ0v) is 15.6. The average molecular weight is 400 g/mol. The van der Waals surface area contributed by atoms with E-state index in [0.29, 0.717) is 17.8 Å². The number of carbonyl (C=O) groups is 2. The van der Waals surface area contributed by atoms with E-state index in [9.17, 15) is 14.7 Å². The Kier molecular flexibility index (Phi) is 5.25. The van der Waals surface area contributed by atoms with Gasteiger partial charge in [0.25, 0.3) is 0 Å². The first-order chi connectivity index (χ1) is 14.6. The van der Waals surface area contributed by atoms with E-state index in [1.165, 1.54) is 6.07 Å². The van der Waals surface area contributed by atoms with Crippen LogP contribution in [0.1, 0.15) is 37.9 Å². The molecule has 0 radical (unpaired) electrons. The molecule has 2 N–H and O–H groups in total. The van der Waals surface area contributed by atoms with Crippen LogP contribution in [0.15, 0.2) is 73.1 Å². The number of aliphatic hydroxyl groups excluding tert-OH is 1. The number of nitrogens with one attached hydrogen (secondary N) is 1. The summed E-state index contributed by atoms with van der Waals surface area (Å²) in [6.45, 7) is 0.308. The number of benzene rings is 1. The van der Waals surface area contributed by atoms with E-state index >= 15 is 0 Å². The average Bonchev–Trinajstić information content (AvgIpc) is 3.45. The van der Waals surface area contributed by atoms with Crippen LogP contribution in [0.25, 0.3) is 5.76 Å². The molecule has 0 spiro atoms. The quantitative estimate of drug-likeness (QED) is 0.277. The van der Waals surface area contributed by atoms with Gasteiger partial charge in [0.1, 0.15) is 0 Å². The van der Waals surface area contributed by atoms with Crippen molar-refractivity contribution in [1.29, 1.82) is 0 Å². The maximum Gasteiger partial charge on any atom is 0.239 e. The third-order valence-corrected chi connectivity index (χ3v) is 4.35. The van der Waals surface area contributed by atoms with Gasteiger partial charge >= 0.3 is 0 Å². The number of carbonyl (C=O) groups excluding carboxylic acids is 2. The normalized spacial score (nSPS) is 11.4. The van der Waals surface area contributed by atoms with Gasteiger partial charge < -0.3 is 9.67 Å². The molecular formula is C21H16N6O3. The molecule has 4 aromatic rings. The highest BCUT2D eigenvalue weighted by Crippen LogP contribution is 2.18. The molecule has 9 nitrogen and oxygen atoms in total. The fourth-order valence-electron chi connectivity index (χ4n) is 2.91. The number of hydrogen-bond acceptors (Lipinski definition) is 7. The lowest BCUT2D eigenvalue weighted by Gasteiger charge is -2.08. The van der Waals surface area contributed by atoms with Gasteiger partial charge in [0.2, 0.25) is 11.6 Å². The van der Waals surface area contributed by atoms with Crippen molar-refractivity contribution in [3.8, 4) is 0 Å². The summed E-state index contributed by atoms with van der Waals surface area (Å²) in [5, 5.41) is 22.8. The summed E-state index contributed by atoms with van der Waals surface area (Å²) in [5.74, 6) is -1.25. The van der Waals surface area contributed by atoms with E-state index in [0.717, 1.165) is 11.8 Å². The number of allylic oxidation sites excluding steroid dienone is 1. The van der Waals surface area contributed by atoms with Gasteiger partial charge in [-0.25, -0.2) is 0 Å². The molecule has 1 aromatic carbocycles. The number of H-pyrrole nitrogens is 1. The van der Waals surface area contributed by atoms with Gasteiger partial charge in [-0.3, -0.25) is 14.6 Å². The maximum atomic E-state index is 13.1. The van der Waals surface area contributed by atoms with Gasteiger partial charge in [0, 0.05) is 29.6 Å². The molecule has 0 saturated carbocycles. The minimum atomic E-state index is -0.501. The number of nitrogens with zero attached hydrogens (tertiary/aromatic N) is 5. The van der Waals surface area contributed by atoms with Gasteiger partial charge in [-0.1, -0.05) is 36.4 Å². The first-order valence-electron chi connectivity index (χ1n) is 9.00. The second kappa shape index (κ2) is 8.31. The molecule has 0 atom stereocenters. The van der Waals surface area contributed by atoms with Gasteiger partial charge in [-0.2, -0.15) is 5.21 Å². The molecule has 9 heteroatoms. The van der Waals surface area contributed by atoms with Crippen molar-refractivity contribution in [3.05, 3.63) is 101 Å². The number of pyridine rings is 1. The highest BCUT2D eigenvalue weighted by atomic mass is 16.3. The van der Waals surface area contributed by atoms with Crippen LogP contribution in [0.3, 0.4) is 0 Å². The first-order valence-corrected chi connectivity index (χ1v) is 9.00. The SMILES string of the molecule is O=C(C=C(O)c1nn[nH]n1)c1cc(C(=O)c2ccccc2)n(Cc2ccccn2)c1. The lowest BCUT2D eigenvalue weighted by atomic mass is 10.1. The van der Waals surface area contributed by atoms with E-state index in [4.69, 9.17) is 0 Å². The van der Waals surface area contributed by atoms with Gasteiger partial charge in [-0.15, -0.1) is 10.2 Å². The monoisotopic (exact) mass is 400 g/mol. The summed E-state index contributed by atoms with van der Waals surface area (Å²) in [5.41, 5.74) is 1.81. The van der Waals surface area contributed by atoms with E-state index in [1.807, 2.05) is 18.2 Å². The molecule has 4 rings (SSSR count). The Morgan fingerprint density at radius 1 is 1.07 bits per heavy atom. The smallest absolute Gasteiger partial charge is 0.239 e. The van der Waals surface area contributed by atoms with Crippen LogP contribution in [-0.4, -0.2) is 46.8 Å². The van der Waals surface area contributed by atoms with Crippen molar-refractivity contribution in [3.63, 3.8) is 0 Å². The van der Waals surface area contributed by atoms with Crippen molar-refractivity contribution in [2.75, 3.05) is 0 Å². The molecule has 0 aliphatic heterocycles. The summed E-state index contributed by atoms with van der Waals surface area (Å²) in [6.07, 6.45) is 4.21. The predicted molar refractivity (Wildman–Crippen MR) is 107 cm³/mol. The molecule has 0 aliphatic carbocycles. The Morgan fingerprint density at radius 3 is 2.57 bits per heavy atom. The molecule has 148 valence electrons. The molecule has 0 saturated heterocycles. The summed E-state index contributed by atoms with van der Waals surface area (Å²) in [6, 6.07) is 15.8. The molecular weight excluding hydrogens is 384 g/mol. The van der Waals surface area contributed by atoms with Gasteiger partial charge in [0.15, 0.2) is 11.5 Å². The number of ketones is 2. The Balaban J connectivity index is 1.71. The van der Waals surface area contributed by atoms with Crippen molar-refractivity contribution in [2.24, 2.45) is 0 Å². The third kappa shape index (κ3) is 4.04. The molecule has 0 bridgehead atoms. The van der Waals surface area contributed by atoms with Crippen LogP contribution in [0.5, 0.6) is 0 Å². The zero-order chi connectivity index (χ0) is 20.9. The number of aromatic amines is 1. The third-order valence-electron chi connectivity index (χ3n) is 4.35. The van der Waals surface area contributed by atoms with Crippen molar-refractivity contribution in [2.45, 2.75) is 6.54 Å². The Bertz CT molecular complexity index is 1200. The van der Waals surface area contributed by atoms with Crippen LogP contribution >= 0.6 is 0 Å². The summed E-state index contributed by atoms with van der Waals surface area (Å²) >= 11 is 0. The van der Waals surface area contributed by atoms with Crippen LogP contribution < -0.4 is 0 Å². The van der Waals surface area contributed by atoms with Crippen LogP contribution in [0.4, 0.5) is 0 Å². The zero-order valence-electron chi connectivity index (χ0n) is 15.6. The van der Waals surface area contributed by atoms with E-state index < -0.39 is 11.5 Å². The Morgan fingerprint density at radius 2 is 1.87 bits per heavy atom. The minimum Gasteiger partial charge on any atom is -0.504 e. The van der Waals surface area contributed by atoms with Gasteiger partial charge in [-0.05, 0) is 23.4 Å². The largest absolute Gasteiger partial charge is 0.504 e. The number of rotatable bonds is 7. The van der Waals surface area contributed by atoms with E-state index in [-0.39, 0.29) is 17.2 Å². The van der Waals surface area contributed by atoms with Crippen molar-refractivity contribution in [1.82, 2.24) is 30.2 Å². The summed E-state index contributed by atoms with van der Waals surface area (Å²) in [7, 11) is 0. The summed E-state index contributed by atoms with van der Waals surface area (Å²) in [4.78, 5) is 30.0. The molecule has 0 fully saturated rings. The predicted octanol–water partition coefficient (Wildman–Crippen LogP) is 2.46.